The van der Waals surface area contributed by atoms with E-state index in [1.807, 2.05) is 0 Å². The Morgan fingerprint density at radius 3 is 2.33 bits per heavy atom. The number of rotatable bonds is 4. The Morgan fingerprint density at radius 2 is 1.76 bits per heavy atom. The molecule has 2 aromatic carbocycles. The normalized spacial score (nSPS) is 17.0. The number of fused-ring (bicyclic) bond motifs is 1. The summed E-state index contributed by atoms with van der Waals surface area (Å²) in [5.74, 6) is -1.03. The van der Waals surface area contributed by atoms with E-state index in [1.165, 1.54) is 0 Å². The van der Waals surface area contributed by atoms with Crippen LogP contribution >= 0.6 is 22.9 Å². The van der Waals surface area contributed by atoms with Gasteiger partial charge in [0.15, 0.2) is 5.13 Å². The molecule has 176 valence electrons. The van der Waals surface area contributed by atoms with Crippen molar-refractivity contribution in [1.29, 1.82) is 0 Å². The molecule has 1 aliphatic heterocycles. The minimum atomic E-state index is -5.07. The fourth-order valence-corrected chi connectivity index (χ4v) is 4.73. The SMILES string of the molecule is O=C(c1cc(C(F)(F)F)cc(C(F)(F)F)c1)N(CC1CCCO1)c1nc2ccc(Cl)cc2s1. The van der Waals surface area contributed by atoms with Gasteiger partial charge in [0.2, 0.25) is 0 Å². The smallest absolute Gasteiger partial charge is 0.376 e. The van der Waals surface area contributed by atoms with E-state index in [2.05, 4.69) is 4.98 Å². The monoisotopic (exact) mass is 508 g/mol. The summed E-state index contributed by atoms with van der Waals surface area (Å²) in [7, 11) is 0. The zero-order chi connectivity index (χ0) is 24.0. The number of carbonyl (C=O) groups is 1. The third-order valence-corrected chi connectivity index (χ3v) is 6.34. The van der Waals surface area contributed by atoms with Gasteiger partial charge in [0.25, 0.3) is 5.91 Å². The highest BCUT2D eigenvalue weighted by molar-refractivity contribution is 7.22. The number of thiazole rings is 1. The number of anilines is 1. The van der Waals surface area contributed by atoms with Crippen LogP contribution in [0.25, 0.3) is 10.2 Å². The van der Waals surface area contributed by atoms with Crippen molar-refractivity contribution in [2.24, 2.45) is 0 Å². The summed E-state index contributed by atoms with van der Waals surface area (Å²) in [6.07, 6.45) is -9.23. The van der Waals surface area contributed by atoms with E-state index >= 15 is 0 Å². The lowest BCUT2D eigenvalue weighted by atomic mass is 10.0. The average Bonchev–Trinajstić information content (AvgIpc) is 3.39. The zero-order valence-electron chi connectivity index (χ0n) is 16.6. The van der Waals surface area contributed by atoms with Crippen molar-refractivity contribution >= 4 is 44.2 Å². The van der Waals surface area contributed by atoms with Crippen LogP contribution in [-0.2, 0) is 17.1 Å². The quantitative estimate of drug-likeness (QED) is 0.363. The van der Waals surface area contributed by atoms with Crippen molar-refractivity contribution in [1.82, 2.24) is 4.98 Å². The first-order valence-electron chi connectivity index (χ1n) is 9.71. The predicted octanol–water partition coefficient (Wildman–Crippen LogP) is 6.81. The van der Waals surface area contributed by atoms with E-state index in [4.69, 9.17) is 16.3 Å². The predicted molar refractivity (Wildman–Crippen MR) is 112 cm³/mol. The van der Waals surface area contributed by atoms with Crippen molar-refractivity contribution in [3.8, 4) is 0 Å². The van der Waals surface area contributed by atoms with Gasteiger partial charge in [0.05, 0.1) is 34.0 Å². The first-order chi connectivity index (χ1) is 15.4. The summed E-state index contributed by atoms with van der Waals surface area (Å²) in [5, 5.41) is 0.543. The summed E-state index contributed by atoms with van der Waals surface area (Å²) in [6, 6.07) is 5.63. The molecule has 1 atom stereocenters. The molecule has 3 aromatic rings. The molecular formula is C21H15ClF6N2O2S. The minimum Gasteiger partial charge on any atom is -0.376 e. The highest BCUT2D eigenvalue weighted by Crippen LogP contribution is 2.38. The molecule has 0 radical (unpaired) electrons. The fourth-order valence-electron chi connectivity index (χ4n) is 3.48. The number of hydrogen-bond acceptors (Lipinski definition) is 4. The van der Waals surface area contributed by atoms with Crippen LogP contribution in [0.3, 0.4) is 0 Å². The Hall–Kier alpha value is -2.37. The molecule has 4 rings (SSSR count). The average molecular weight is 509 g/mol. The first-order valence-corrected chi connectivity index (χ1v) is 10.9. The maximum Gasteiger partial charge on any atom is 0.416 e. The third-order valence-electron chi connectivity index (χ3n) is 5.06. The van der Waals surface area contributed by atoms with Crippen LogP contribution in [0.2, 0.25) is 5.02 Å². The number of amides is 1. The van der Waals surface area contributed by atoms with Crippen LogP contribution in [0.1, 0.15) is 34.3 Å². The molecule has 1 unspecified atom stereocenters. The van der Waals surface area contributed by atoms with E-state index in [9.17, 15) is 31.1 Å². The lowest BCUT2D eigenvalue weighted by molar-refractivity contribution is -0.143. The lowest BCUT2D eigenvalue weighted by Gasteiger charge is -2.24. The van der Waals surface area contributed by atoms with E-state index in [0.717, 1.165) is 22.7 Å². The molecule has 1 amide bonds. The highest BCUT2D eigenvalue weighted by atomic mass is 35.5. The summed E-state index contributed by atoms with van der Waals surface area (Å²) >= 11 is 7.04. The van der Waals surface area contributed by atoms with Crippen LogP contribution in [0.5, 0.6) is 0 Å². The molecule has 0 saturated carbocycles. The van der Waals surface area contributed by atoms with Gasteiger partial charge in [-0.05, 0) is 49.2 Å². The molecule has 4 nitrogen and oxygen atoms in total. The number of halogens is 7. The molecule has 1 saturated heterocycles. The highest BCUT2D eigenvalue weighted by Gasteiger charge is 2.38. The molecule has 33 heavy (non-hydrogen) atoms. The van der Waals surface area contributed by atoms with Crippen LogP contribution in [-0.4, -0.2) is 30.1 Å². The maximum atomic E-state index is 13.3. The summed E-state index contributed by atoms with van der Waals surface area (Å²) in [5.41, 5.74) is -3.38. The Bertz CT molecular complexity index is 1160. The van der Waals surface area contributed by atoms with Gasteiger partial charge in [-0.2, -0.15) is 26.3 Å². The third kappa shape index (κ3) is 5.25. The van der Waals surface area contributed by atoms with Gasteiger partial charge in [-0.1, -0.05) is 22.9 Å². The van der Waals surface area contributed by atoms with Crippen LogP contribution < -0.4 is 4.90 Å². The second kappa shape index (κ2) is 8.77. The molecule has 1 fully saturated rings. The van der Waals surface area contributed by atoms with E-state index in [0.29, 0.717) is 40.4 Å². The molecule has 0 spiro atoms. The van der Waals surface area contributed by atoms with Gasteiger partial charge < -0.3 is 4.74 Å². The Morgan fingerprint density at radius 1 is 1.09 bits per heavy atom. The topological polar surface area (TPSA) is 42.4 Å². The second-order valence-electron chi connectivity index (χ2n) is 7.45. The van der Waals surface area contributed by atoms with Gasteiger partial charge in [0, 0.05) is 17.2 Å². The van der Waals surface area contributed by atoms with E-state index in [1.54, 1.807) is 18.2 Å². The van der Waals surface area contributed by atoms with Crippen molar-refractivity contribution in [2.45, 2.75) is 31.3 Å². The number of hydrogen-bond donors (Lipinski definition) is 0. The maximum absolute atomic E-state index is 13.3. The van der Waals surface area contributed by atoms with Crippen molar-refractivity contribution in [3.05, 3.63) is 58.1 Å². The first kappa shape index (κ1) is 23.8. The van der Waals surface area contributed by atoms with Crippen molar-refractivity contribution in [3.63, 3.8) is 0 Å². The molecular weight excluding hydrogens is 494 g/mol. The second-order valence-corrected chi connectivity index (χ2v) is 8.90. The summed E-state index contributed by atoms with van der Waals surface area (Å²) in [6.45, 7) is 0.383. The van der Waals surface area contributed by atoms with Gasteiger partial charge in [-0.3, -0.25) is 9.69 Å². The number of ether oxygens (including phenoxy) is 1. The Balaban J connectivity index is 1.80. The molecule has 0 N–H and O–H groups in total. The molecule has 1 aliphatic rings. The summed E-state index contributed by atoms with van der Waals surface area (Å²) in [4.78, 5) is 18.7. The number of benzene rings is 2. The number of nitrogens with zero attached hydrogens (tertiary/aromatic N) is 2. The molecule has 12 heteroatoms. The number of carbonyl (C=O) groups excluding carboxylic acids is 1. The largest absolute Gasteiger partial charge is 0.416 e. The van der Waals surface area contributed by atoms with E-state index < -0.39 is 41.1 Å². The zero-order valence-corrected chi connectivity index (χ0v) is 18.2. The van der Waals surface area contributed by atoms with Crippen LogP contribution in [0, 0.1) is 0 Å². The number of aromatic nitrogens is 1. The minimum absolute atomic E-state index is 0.0130. The molecule has 0 aliphatic carbocycles. The van der Waals surface area contributed by atoms with E-state index in [-0.39, 0.29) is 17.7 Å². The van der Waals surface area contributed by atoms with Gasteiger partial charge in [-0.25, -0.2) is 4.98 Å². The molecule has 0 bridgehead atoms. The Labute approximate surface area is 192 Å². The molecule has 2 heterocycles. The molecule has 1 aromatic heterocycles. The van der Waals surface area contributed by atoms with Crippen molar-refractivity contribution < 1.29 is 35.9 Å². The standard InChI is InChI=1S/C21H15ClF6N2O2S/c22-14-3-4-16-17(9-14)33-19(29-16)30(10-15-2-1-5-32-15)18(31)11-6-12(20(23,24)25)8-13(7-11)21(26,27)28/h3-4,6-9,15H,1-2,5,10H2. The van der Waals surface area contributed by atoms with Gasteiger partial charge in [-0.15, -0.1) is 0 Å². The van der Waals surface area contributed by atoms with Gasteiger partial charge >= 0.3 is 12.4 Å². The Kier molecular flexibility index (Phi) is 6.32. The summed E-state index contributed by atoms with van der Waals surface area (Å²) < 4.78 is 85.9. The fraction of sp³-hybridized carbons (Fsp3) is 0.333. The van der Waals surface area contributed by atoms with Crippen molar-refractivity contribution in [2.75, 3.05) is 18.1 Å². The van der Waals surface area contributed by atoms with Crippen LogP contribution in [0.15, 0.2) is 36.4 Å². The van der Waals surface area contributed by atoms with Gasteiger partial charge in [0.1, 0.15) is 0 Å². The number of alkyl halides is 6. The lowest BCUT2D eigenvalue weighted by Crippen LogP contribution is -2.37. The van der Waals surface area contributed by atoms with Crippen LogP contribution in [0.4, 0.5) is 31.5 Å².